The molecule has 2 saturated heterocycles. The van der Waals surface area contributed by atoms with Crippen molar-refractivity contribution in [3.05, 3.63) is 72.7 Å². The number of carbonyl (C=O) groups is 1. The second kappa shape index (κ2) is 11.9. The first-order chi connectivity index (χ1) is 22.0. The Labute approximate surface area is 277 Å². The number of halogens is 1. The van der Waals surface area contributed by atoms with Gasteiger partial charge in [0, 0.05) is 55.1 Å². The van der Waals surface area contributed by atoms with Crippen LogP contribution in [0.2, 0.25) is 18.1 Å². The SMILES string of the molecule is CC(C)(C)OC(=O)N1CC2(C1)CN(c1ccc(-c3cc(OC(CO[Si](C)(C)C(C)(C)C)c4ccc(F)cn4)c4ccnn4c3)cn1)C2. The van der Waals surface area contributed by atoms with Gasteiger partial charge in [-0.05, 0) is 75.3 Å². The standard InChI is InChI=1S/C35H45FN6O4Si/c1-33(2,3)46-32(43)41-22-35(23-41)20-40(21-35)31-12-9-24(16-38-31)25-15-29(28-13-14-39-42(28)18-25)45-30(27-11-10-26(36)17-37-27)19-44-47(7,8)34(4,5)6/h9-18,30H,19-23H2,1-8H3. The summed E-state index contributed by atoms with van der Waals surface area (Å²) < 4.78 is 34.3. The number of pyridine rings is 3. The highest BCUT2D eigenvalue weighted by molar-refractivity contribution is 6.74. The average Bonchev–Trinajstić information content (AvgIpc) is 3.42. The maximum atomic E-state index is 13.8. The van der Waals surface area contributed by atoms with Gasteiger partial charge in [-0.25, -0.2) is 18.7 Å². The van der Waals surface area contributed by atoms with Gasteiger partial charge in [-0.15, -0.1) is 0 Å². The van der Waals surface area contributed by atoms with Gasteiger partial charge in [-0.1, -0.05) is 20.8 Å². The topological polar surface area (TPSA) is 94.3 Å². The summed E-state index contributed by atoms with van der Waals surface area (Å²) in [6, 6.07) is 11.0. The quantitative estimate of drug-likeness (QED) is 0.184. The third-order valence-corrected chi connectivity index (χ3v) is 13.9. The van der Waals surface area contributed by atoms with E-state index in [4.69, 9.17) is 18.9 Å². The van der Waals surface area contributed by atoms with E-state index >= 15 is 0 Å². The minimum atomic E-state index is -2.11. The molecular formula is C35H45FN6O4Si. The molecule has 10 nitrogen and oxygen atoms in total. The fourth-order valence-corrected chi connectivity index (χ4v) is 6.75. The van der Waals surface area contributed by atoms with Crippen LogP contribution in [0.1, 0.15) is 53.3 Å². The number of carbonyl (C=O) groups excluding carboxylic acids is 1. The predicted molar refractivity (Wildman–Crippen MR) is 182 cm³/mol. The Kier molecular flexibility index (Phi) is 8.32. The van der Waals surface area contributed by atoms with Crippen molar-refractivity contribution in [2.24, 2.45) is 5.41 Å². The summed E-state index contributed by atoms with van der Waals surface area (Å²) in [5, 5.41) is 4.51. The van der Waals surface area contributed by atoms with Crippen LogP contribution < -0.4 is 9.64 Å². The number of nitrogens with zero attached hydrogens (tertiary/aromatic N) is 6. The second-order valence-corrected chi connectivity index (χ2v) is 20.2. The van der Waals surface area contributed by atoms with Crippen LogP contribution in [0, 0.1) is 11.2 Å². The maximum absolute atomic E-state index is 13.8. The molecule has 0 saturated carbocycles. The molecule has 6 rings (SSSR count). The summed E-state index contributed by atoms with van der Waals surface area (Å²) in [4.78, 5) is 25.5. The van der Waals surface area contributed by atoms with Crippen LogP contribution in [0.5, 0.6) is 5.75 Å². The number of amides is 1. The van der Waals surface area contributed by atoms with Gasteiger partial charge in [0.25, 0.3) is 0 Å². The lowest BCUT2D eigenvalue weighted by Gasteiger charge is -2.60. The molecule has 2 aliphatic heterocycles. The molecule has 0 aliphatic carbocycles. The van der Waals surface area contributed by atoms with Crippen molar-refractivity contribution in [3.63, 3.8) is 0 Å². The molecule has 0 N–H and O–H groups in total. The molecule has 1 amide bonds. The van der Waals surface area contributed by atoms with E-state index < -0.39 is 25.8 Å². The van der Waals surface area contributed by atoms with Crippen LogP contribution in [0.4, 0.5) is 15.0 Å². The van der Waals surface area contributed by atoms with E-state index in [2.05, 4.69) is 54.9 Å². The Bertz CT molecular complexity index is 1730. The van der Waals surface area contributed by atoms with Crippen molar-refractivity contribution in [2.75, 3.05) is 37.7 Å². The van der Waals surface area contributed by atoms with Crippen LogP contribution in [0.3, 0.4) is 0 Å². The molecule has 0 radical (unpaired) electrons. The lowest BCUT2D eigenvalue weighted by atomic mass is 9.73. The second-order valence-electron chi connectivity index (χ2n) is 15.4. The predicted octanol–water partition coefficient (Wildman–Crippen LogP) is 7.13. The minimum Gasteiger partial charge on any atom is -0.479 e. The molecule has 12 heteroatoms. The molecule has 2 fully saturated rings. The summed E-state index contributed by atoms with van der Waals surface area (Å²) in [6.07, 6.45) is 5.95. The van der Waals surface area contributed by atoms with Gasteiger partial charge in [0.1, 0.15) is 28.5 Å². The number of ether oxygens (including phenoxy) is 2. The van der Waals surface area contributed by atoms with Crippen LogP contribution in [0.25, 0.3) is 16.6 Å². The van der Waals surface area contributed by atoms with E-state index in [9.17, 15) is 9.18 Å². The lowest BCUT2D eigenvalue weighted by molar-refractivity contribution is -0.0454. The molecule has 4 aromatic rings. The number of aromatic nitrogens is 4. The smallest absolute Gasteiger partial charge is 0.410 e. The Morgan fingerprint density at radius 1 is 0.979 bits per heavy atom. The Hall–Kier alpha value is -4.03. The normalized spacial score (nSPS) is 17.0. The van der Waals surface area contributed by atoms with Crippen LogP contribution >= 0.6 is 0 Å². The zero-order valence-corrected chi connectivity index (χ0v) is 29.6. The summed E-state index contributed by atoms with van der Waals surface area (Å²) in [7, 11) is -2.11. The molecule has 4 aromatic heterocycles. The number of fused-ring (bicyclic) bond motifs is 1. The molecular weight excluding hydrogens is 616 g/mol. The summed E-state index contributed by atoms with van der Waals surface area (Å²) in [6.45, 7) is 20.0. The number of hydrogen-bond acceptors (Lipinski definition) is 8. The Morgan fingerprint density at radius 2 is 1.72 bits per heavy atom. The number of hydrogen-bond donors (Lipinski definition) is 0. The molecule has 6 heterocycles. The van der Waals surface area contributed by atoms with Gasteiger partial charge in [0.05, 0.1) is 24.7 Å². The van der Waals surface area contributed by atoms with Crippen molar-refractivity contribution < 1.29 is 23.1 Å². The van der Waals surface area contributed by atoms with Crippen molar-refractivity contribution in [2.45, 2.75) is 71.4 Å². The zero-order chi connectivity index (χ0) is 33.8. The van der Waals surface area contributed by atoms with E-state index in [0.29, 0.717) is 24.5 Å². The third-order valence-electron chi connectivity index (χ3n) is 9.38. The Balaban J connectivity index is 1.17. The molecule has 0 bridgehead atoms. The monoisotopic (exact) mass is 660 g/mol. The molecule has 47 heavy (non-hydrogen) atoms. The van der Waals surface area contributed by atoms with E-state index in [1.807, 2.05) is 51.4 Å². The third kappa shape index (κ3) is 6.98. The number of anilines is 1. The summed E-state index contributed by atoms with van der Waals surface area (Å²) >= 11 is 0. The fraction of sp³-hybridized carbons (Fsp3) is 0.486. The molecule has 2 aliphatic rings. The van der Waals surface area contributed by atoms with E-state index in [0.717, 1.165) is 35.6 Å². The van der Waals surface area contributed by atoms with Gasteiger partial charge in [0.2, 0.25) is 0 Å². The molecule has 0 aromatic carbocycles. The van der Waals surface area contributed by atoms with Crippen LogP contribution in [0.15, 0.2) is 61.2 Å². The van der Waals surface area contributed by atoms with Crippen LogP contribution in [-0.4, -0.2) is 77.3 Å². The first-order valence-corrected chi connectivity index (χ1v) is 19.0. The summed E-state index contributed by atoms with van der Waals surface area (Å²) in [5.41, 5.74) is 2.81. The van der Waals surface area contributed by atoms with E-state index in [1.165, 1.54) is 12.3 Å². The molecule has 250 valence electrons. The van der Waals surface area contributed by atoms with Crippen molar-refractivity contribution in [1.29, 1.82) is 0 Å². The highest BCUT2D eigenvalue weighted by atomic mass is 28.4. The van der Waals surface area contributed by atoms with E-state index in [1.54, 1.807) is 21.7 Å². The summed E-state index contributed by atoms with van der Waals surface area (Å²) in [5.74, 6) is 1.11. The lowest BCUT2D eigenvalue weighted by Crippen LogP contribution is -2.73. The average molecular weight is 661 g/mol. The largest absolute Gasteiger partial charge is 0.479 e. The fourth-order valence-electron chi connectivity index (χ4n) is 5.75. The number of likely N-dealkylation sites (tertiary alicyclic amines) is 1. The Morgan fingerprint density at radius 3 is 2.34 bits per heavy atom. The highest BCUT2D eigenvalue weighted by Gasteiger charge is 2.54. The van der Waals surface area contributed by atoms with Crippen LogP contribution in [-0.2, 0) is 9.16 Å². The highest BCUT2D eigenvalue weighted by Crippen LogP contribution is 2.42. The zero-order valence-electron chi connectivity index (χ0n) is 28.6. The molecule has 1 unspecified atom stereocenters. The van der Waals surface area contributed by atoms with Gasteiger partial charge < -0.3 is 23.7 Å². The van der Waals surface area contributed by atoms with Crippen molar-refractivity contribution in [1.82, 2.24) is 24.5 Å². The van der Waals surface area contributed by atoms with Crippen molar-refractivity contribution >= 4 is 25.7 Å². The van der Waals surface area contributed by atoms with Gasteiger partial charge >= 0.3 is 6.09 Å². The van der Waals surface area contributed by atoms with Gasteiger partial charge in [-0.2, -0.15) is 5.10 Å². The minimum absolute atomic E-state index is 0.0144. The maximum Gasteiger partial charge on any atom is 0.410 e. The van der Waals surface area contributed by atoms with Gasteiger partial charge in [-0.3, -0.25) is 4.98 Å². The molecule has 1 spiro atoms. The first kappa shape index (κ1) is 32.9. The van der Waals surface area contributed by atoms with Crippen molar-refractivity contribution in [3.8, 4) is 16.9 Å². The first-order valence-electron chi connectivity index (χ1n) is 16.1. The van der Waals surface area contributed by atoms with Gasteiger partial charge in [0.15, 0.2) is 14.4 Å². The van der Waals surface area contributed by atoms with E-state index in [-0.39, 0.29) is 23.2 Å². The molecule has 1 atom stereocenters. The number of rotatable bonds is 8.